The topological polar surface area (TPSA) is 43.4 Å². The molecule has 0 radical (unpaired) electrons. The van der Waals surface area contributed by atoms with Gasteiger partial charge in [0.15, 0.2) is 5.78 Å². The van der Waals surface area contributed by atoms with Gasteiger partial charge in [0.05, 0.1) is 6.61 Å². The van der Waals surface area contributed by atoms with Gasteiger partial charge in [0.1, 0.15) is 6.10 Å². The second-order valence-corrected chi connectivity index (χ2v) is 4.89. The minimum Gasteiger partial charge on any atom is -0.365 e. The molecule has 1 atom stereocenters. The molecule has 0 N–H and O–H groups in total. The fourth-order valence-electron chi connectivity index (χ4n) is 1.98. The summed E-state index contributed by atoms with van der Waals surface area (Å²) in [6.07, 6.45) is 4.93. The number of halogens is 1. The normalized spacial score (nSPS) is 19.1. The molecule has 0 bridgehead atoms. The zero-order chi connectivity index (χ0) is 14.4. The van der Waals surface area contributed by atoms with E-state index in [2.05, 4.69) is 0 Å². The summed E-state index contributed by atoms with van der Waals surface area (Å²) in [5.41, 5.74) is 1.51. The molecule has 0 amide bonds. The highest BCUT2D eigenvalue weighted by Crippen LogP contribution is 2.17. The summed E-state index contributed by atoms with van der Waals surface area (Å²) in [5, 5.41) is -0.481. The van der Waals surface area contributed by atoms with Crippen LogP contribution >= 0.6 is 11.6 Å². The van der Waals surface area contributed by atoms with Crippen molar-refractivity contribution in [3.05, 3.63) is 59.7 Å². The van der Waals surface area contributed by atoms with Crippen LogP contribution in [0.4, 0.5) is 0 Å². The second kappa shape index (κ2) is 7.17. The van der Waals surface area contributed by atoms with Crippen molar-refractivity contribution in [2.45, 2.75) is 25.6 Å². The zero-order valence-electron chi connectivity index (χ0n) is 10.9. The molecule has 0 aromatic heterocycles. The quantitative estimate of drug-likeness (QED) is 0.800. The van der Waals surface area contributed by atoms with Crippen LogP contribution < -0.4 is 0 Å². The highest BCUT2D eigenvalue weighted by molar-refractivity contribution is 6.67. The summed E-state index contributed by atoms with van der Waals surface area (Å²) in [4.78, 5) is 23.1. The summed E-state index contributed by atoms with van der Waals surface area (Å²) in [6, 6.07) is 9.65. The van der Waals surface area contributed by atoms with Crippen LogP contribution in [-0.2, 0) is 20.9 Å². The first-order chi connectivity index (χ1) is 9.66. The number of ether oxygens (including phenoxy) is 1. The number of hydrogen-bond donors (Lipinski definition) is 0. The molecule has 1 unspecified atom stereocenters. The maximum Gasteiger partial charge on any atom is 0.248 e. The van der Waals surface area contributed by atoms with E-state index in [1.165, 1.54) is 6.08 Å². The molecule has 1 aromatic rings. The lowest BCUT2D eigenvalue weighted by Gasteiger charge is -2.17. The van der Waals surface area contributed by atoms with Crippen LogP contribution in [0.25, 0.3) is 0 Å². The summed E-state index contributed by atoms with van der Waals surface area (Å²) in [6.45, 7) is 0.374. The van der Waals surface area contributed by atoms with Crippen molar-refractivity contribution < 1.29 is 14.3 Å². The highest BCUT2D eigenvalue weighted by atomic mass is 35.5. The lowest BCUT2D eigenvalue weighted by molar-refractivity contribution is -0.127. The van der Waals surface area contributed by atoms with E-state index in [-0.39, 0.29) is 5.78 Å². The lowest BCUT2D eigenvalue weighted by Crippen LogP contribution is -2.23. The van der Waals surface area contributed by atoms with Crippen molar-refractivity contribution in [1.29, 1.82) is 0 Å². The number of benzene rings is 1. The summed E-state index contributed by atoms with van der Waals surface area (Å²) >= 11 is 5.47. The highest BCUT2D eigenvalue weighted by Gasteiger charge is 2.20. The predicted octanol–water partition coefficient (Wildman–Crippen LogP) is 3.18. The van der Waals surface area contributed by atoms with Crippen LogP contribution in [-0.4, -0.2) is 17.1 Å². The second-order valence-electron chi connectivity index (χ2n) is 4.55. The molecule has 1 aliphatic carbocycles. The Morgan fingerprint density at radius 3 is 2.75 bits per heavy atom. The van der Waals surface area contributed by atoms with Crippen molar-refractivity contribution in [2.24, 2.45) is 0 Å². The Kier molecular flexibility index (Phi) is 5.27. The Morgan fingerprint density at radius 2 is 2.05 bits per heavy atom. The number of rotatable bonds is 4. The standard InChI is InChI=1S/C16H15ClO3/c17-16(19)13-7-4-8-14(18)15(10-9-13)20-11-12-5-2-1-3-6-12/h1-8,15H,9-11H2. The van der Waals surface area contributed by atoms with E-state index in [1.54, 1.807) is 12.2 Å². The molecule has 0 fully saturated rings. The number of carbonyl (C=O) groups is 2. The molecular weight excluding hydrogens is 276 g/mol. The van der Waals surface area contributed by atoms with Crippen LogP contribution in [0.5, 0.6) is 0 Å². The van der Waals surface area contributed by atoms with E-state index in [9.17, 15) is 9.59 Å². The van der Waals surface area contributed by atoms with Gasteiger partial charge in [-0.2, -0.15) is 0 Å². The summed E-state index contributed by atoms with van der Waals surface area (Å²) in [7, 11) is 0. The van der Waals surface area contributed by atoms with Crippen LogP contribution in [0.3, 0.4) is 0 Å². The average Bonchev–Trinajstić information content (AvgIpc) is 2.43. The maximum absolute atomic E-state index is 11.9. The van der Waals surface area contributed by atoms with Gasteiger partial charge in [-0.25, -0.2) is 0 Å². The first kappa shape index (κ1) is 14.7. The van der Waals surface area contributed by atoms with Crippen molar-refractivity contribution in [1.82, 2.24) is 0 Å². The fourth-order valence-corrected chi connectivity index (χ4v) is 2.14. The van der Waals surface area contributed by atoms with Gasteiger partial charge in [0.25, 0.3) is 0 Å². The predicted molar refractivity (Wildman–Crippen MR) is 77.3 cm³/mol. The number of carbonyl (C=O) groups excluding carboxylic acids is 2. The molecule has 20 heavy (non-hydrogen) atoms. The Labute approximate surface area is 122 Å². The van der Waals surface area contributed by atoms with Crippen molar-refractivity contribution in [3.8, 4) is 0 Å². The third kappa shape index (κ3) is 4.15. The molecule has 4 heteroatoms. The van der Waals surface area contributed by atoms with Crippen LogP contribution in [0.2, 0.25) is 0 Å². The van der Waals surface area contributed by atoms with Crippen molar-refractivity contribution in [2.75, 3.05) is 0 Å². The van der Waals surface area contributed by atoms with Gasteiger partial charge >= 0.3 is 0 Å². The number of hydrogen-bond acceptors (Lipinski definition) is 3. The molecule has 1 aromatic carbocycles. The van der Waals surface area contributed by atoms with Gasteiger partial charge in [0.2, 0.25) is 5.24 Å². The molecule has 0 saturated carbocycles. The number of ketones is 1. The molecule has 0 saturated heterocycles. The molecule has 0 aliphatic heterocycles. The zero-order valence-corrected chi connectivity index (χ0v) is 11.7. The molecule has 3 nitrogen and oxygen atoms in total. The number of allylic oxidation sites excluding steroid dienone is 3. The Hall–Kier alpha value is -1.71. The van der Waals surface area contributed by atoms with Crippen molar-refractivity contribution >= 4 is 22.6 Å². The van der Waals surface area contributed by atoms with Crippen molar-refractivity contribution in [3.63, 3.8) is 0 Å². The largest absolute Gasteiger partial charge is 0.365 e. The van der Waals surface area contributed by atoms with E-state index in [0.29, 0.717) is 25.0 Å². The molecule has 2 rings (SSSR count). The lowest BCUT2D eigenvalue weighted by atomic mass is 10.0. The minimum atomic E-state index is -0.536. The third-order valence-electron chi connectivity index (χ3n) is 3.10. The molecule has 104 valence electrons. The Bertz CT molecular complexity index is 546. The van der Waals surface area contributed by atoms with Crippen LogP contribution in [0, 0.1) is 0 Å². The van der Waals surface area contributed by atoms with Gasteiger partial charge < -0.3 is 4.74 Å². The minimum absolute atomic E-state index is 0.0850. The molecule has 0 heterocycles. The van der Waals surface area contributed by atoms with Gasteiger partial charge in [-0.1, -0.05) is 42.5 Å². The Balaban J connectivity index is 1.98. The van der Waals surface area contributed by atoms with Gasteiger partial charge in [-0.3, -0.25) is 9.59 Å². The third-order valence-corrected chi connectivity index (χ3v) is 3.34. The van der Waals surface area contributed by atoms with E-state index < -0.39 is 11.3 Å². The Morgan fingerprint density at radius 1 is 1.30 bits per heavy atom. The molecule has 1 aliphatic rings. The van der Waals surface area contributed by atoms with Crippen LogP contribution in [0.15, 0.2) is 54.1 Å². The van der Waals surface area contributed by atoms with Crippen LogP contribution in [0.1, 0.15) is 18.4 Å². The van der Waals surface area contributed by atoms with E-state index in [0.717, 1.165) is 5.56 Å². The molecular formula is C16H15ClO3. The first-order valence-electron chi connectivity index (χ1n) is 6.43. The first-order valence-corrected chi connectivity index (χ1v) is 6.81. The smallest absolute Gasteiger partial charge is 0.248 e. The fraction of sp³-hybridized carbons (Fsp3) is 0.250. The van der Waals surface area contributed by atoms with Gasteiger partial charge in [-0.05, 0) is 36.1 Å². The monoisotopic (exact) mass is 290 g/mol. The average molecular weight is 291 g/mol. The summed E-state index contributed by atoms with van der Waals surface area (Å²) in [5.74, 6) is -0.0850. The van der Waals surface area contributed by atoms with Gasteiger partial charge in [-0.15, -0.1) is 0 Å². The van der Waals surface area contributed by atoms with Gasteiger partial charge in [0, 0.05) is 5.57 Å². The van der Waals surface area contributed by atoms with E-state index in [1.807, 2.05) is 30.3 Å². The maximum atomic E-state index is 11.9. The van der Waals surface area contributed by atoms with E-state index >= 15 is 0 Å². The SMILES string of the molecule is O=C(Cl)C1=CC=CC(=O)C(OCc2ccccc2)CC1. The van der Waals surface area contributed by atoms with E-state index in [4.69, 9.17) is 16.3 Å². The summed E-state index contributed by atoms with van der Waals surface area (Å²) < 4.78 is 5.66. The molecule has 0 spiro atoms.